The first-order valence-electron chi connectivity index (χ1n) is 9.63. The highest BCUT2D eigenvalue weighted by Gasteiger charge is 2.17. The molecule has 33 heavy (non-hydrogen) atoms. The molecule has 2 aromatic carbocycles. The van der Waals surface area contributed by atoms with Gasteiger partial charge in [0.2, 0.25) is 0 Å². The van der Waals surface area contributed by atoms with Crippen LogP contribution in [-0.4, -0.2) is 35.8 Å². The maximum atomic E-state index is 12.5. The molecule has 0 fully saturated rings. The molecule has 0 saturated heterocycles. The third kappa shape index (κ3) is 6.17. The third-order valence-corrected chi connectivity index (χ3v) is 4.48. The standard InChI is InChI=1S/C22H19ClN4O6/c1-3-32-19-11-14(12-25-26-20-9-6-16(13-24-20)27(29)30)10-18(23)21(19)33-22(28)15-4-7-17(31-2)8-5-15/h4-13H,3H2,1-2H3,(H,24,26)/b25-12-. The Morgan fingerprint density at radius 2 is 2.00 bits per heavy atom. The van der Waals surface area contributed by atoms with Crippen LogP contribution >= 0.6 is 11.6 Å². The van der Waals surface area contributed by atoms with Crippen LogP contribution in [0.5, 0.6) is 17.2 Å². The first-order chi connectivity index (χ1) is 15.9. The van der Waals surface area contributed by atoms with Crippen LogP contribution in [0.2, 0.25) is 5.02 Å². The molecular weight excluding hydrogens is 452 g/mol. The van der Waals surface area contributed by atoms with Crippen LogP contribution in [0.15, 0.2) is 59.8 Å². The minimum absolute atomic E-state index is 0.0847. The molecule has 0 amide bonds. The van der Waals surface area contributed by atoms with Crippen LogP contribution in [0.3, 0.4) is 0 Å². The van der Waals surface area contributed by atoms with Crippen molar-refractivity contribution in [3.8, 4) is 17.2 Å². The van der Waals surface area contributed by atoms with E-state index in [0.29, 0.717) is 29.3 Å². The van der Waals surface area contributed by atoms with Gasteiger partial charge in [-0.05, 0) is 55.0 Å². The molecule has 1 heterocycles. The quantitative estimate of drug-likeness (QED) is 0.156. The fourth-order valence-electron chi connectivity index (χ4n) is 2.64. The summed E-state index contributed by atoms with van der Waals surface area (Å²) < 4.78 is 16.2. The van der Waals surface area contributed by atoms with Gasteiger partial charge in [0.1, 0.15) is 17.8 Å². The highest BCUT2D eigenvalue weighted by atomic mass is 35.5. The number of benzene rings is 2. The topological polar surface area (TPSA) is 125 Å². The summed E-state index contributed by atoms with van der Waals surface area (Å²) in [6.45, 7) is 2.10. The summed E-state index contributed by atoms with van der Waals surface area (Å²) in [6, 6.07) is 12.3. The zero-order chi connectivity index (χ0) is 23.8. The van der Waals surface area contributed by atoms with E-state index < -0.39 is 10.9 Å². The van der Waals surface area contributed by atoms with Crippen molar-refractivity contribution in [1.82, 2.24) is 4.98 Å². The lowest BCUT2D eigenvalue weighted by Crippen LogP contribution is -2.10. The van der Waals surface area contributed by atoms with E-state index in [1.165, 1.54) is 25.5 Å². The molecule has 0 unspecified atom stereocenters. The maximum absolute atomic E-state index is 12.5. The van der Waals surface area contributed by atoms with Gasteiger partial charge in [0.15, 0.2) is 11.5 Å². The fourth-order valence-corrected chi connectivity index (χ4v) is 2.89. The Morgan fingerprint density at radius 3 is 2.61 bits per heavy atom. The minimum atomic E-state index is -0.604. The number of anilines is 1. The number of carbonyl (C=O) groups is 1. The van der Waals surface area contributed by atoms with E-state index in [0.717, 1.165) is 6.20 Å². The van der Waals surface area contributed by atoms with Crippen LogP contribution < -0.4 is 19.6 Å². The Labute approximate surface area is 193 Å². The number of ether oxygens (including phenoxy) is 3. The Morgan fingerprint density at radius 1 is 1.24 bits per heavy atom. The summed E-state index contributed by atoms with van der Waals surface area (Å²) in [6.07, 6.45) is 2.57. The summed E-state index contributed by atoms with van der Waals surface area (Å²) >= 11 is 6.36. The van der Waals surface area contributed by atoms with Gasteiger partial charge >= 0.3 is 5.97 Å². The van der Waals surface area contributed by atoms with Gasteiger partial charge in [0, 0.05) is 6.07 Å². The van der Waals surface area contributed by atoms with Gasteiger partial charge in [-0.25, -0.2) is 9.78 Å². The number of nitro groups is 1. The Kier molecular flexibility index (Phi) is 7.77. The number of carbonyl (C=O) groups excluding carboxylic acids is 1. The van der Waals surface area contributed by atoms with Gasteiger partial charge in [-0.2, -0.15) is 5.10 Å². The molecule has 0 spiro atoms. The molecule has 0 bridgehead atoms. The lowest BCUT2D eigenvalue weighted by atomic mass is 10.2. The molecule has 0 aliphatic heterocycles. The van der Waals surface area contributed by atoms with Crippen molar-refractivity contribution in [2.45, 2.75) is 6.92 Å². The third-order valence-electron chi connectivity index (χ3n) is 4.20. The van der Waals surface area contributed by atoms with E-state index >= 15 is 0 Å². The Hall–Kier alpha value is -4.18. The molecule has 0 radical (unpaired) electrons. The van der Waals surface area contributed by atoms with Crippen LogP contribution in [0, 0.1) is 10.1 Å². The average molecular weight is 471 g/mol. The maximum Gasteiger partial charge on any atom is 0.343 e. The van der Waals surface area contributed by atoms with Crippen molar-refractivity contribution in [3.05, 3.63) is 81.0 Å². The van der Waals surface area contributed by atoms with Crippen molar-refractivity contribution in [3.63, 3.8) is 0 Å². The summed E-state index contributed by atoms with van der Waals surface area (Å²) in [5.41, 5.74) is 3.41. The summed E-state index contributed by atoms with van der Waals surface area (Å²) in [5, 5.41) is 14.9. The van der Waals surface area contributed by atoms with E-state index in [2.05, 4.69) is 15.5 Å². The molecule has 3 rings (SSSR count). The second-order valence-corrected chi connectivity index (χ2v) is 6.82. The first-order valence-corrected chi connectivity index (χ1v) is 10.0. The number of nitrogens with zero attached hydrogens (tertiary/aromatic N) is 3. The van der Waals surface area contributed by atoms with Crippen molar-refractivity contribution in [1.29, 1.82) is 0 Å². The zero-order valence-electron chi connectivity index (χ0n) is 17.6. The molecule has 0 saturated carbocycles. The predicted molar refractivity (Wildman–Crippen MR) is 123 cm³/mol. The first kappa shape index (κ1) is 23.5. The van der Waals surface area contributed by atoms with E-state index in [1.54, 1.807) is 43.3 Å². The van der Waals surface area contributed by atoms with Crippen LogP contribution in [-0.2, 0) is 0 Å². The lowest BCUT2D eigenvalue weighted by molar-refractivity contribution is -0.385. The predicted octanol–water partition coefficient (Wildman–Crippen LogP) is 4.72. The lowest BCUT2D eigenvalue weighted by Gasteiger charge is -2.13. The van der Waals surface area contributed by atoms with Gasteiger partial charge in [-0.15, -0.1) is 0 Å². The van der Waals surface area contributed by atoms with Gasteiger partial charge in [-0.1, -0.05) is 11.6 Å². The summed E-state index contributed by atoms with van der Waals surface area (Å²) in [7, 11) is 1.53. The summed E-state index contributed by atoms with van der Waals surface area (Å²) in [5.74, 6) is 0.676. The van der Waals surface area contributed by atoms with Gasteiger partial charge in [0.05, 0.1) is 35.4 Å². The zero-order valence-corrected chi connectivity index (χ0v) is 18.4. The number of hydrogen-bond donors (Lipinski definition) is 1. The molecule has 0 aliphatic carbocycles. The van der Waals surface area contributed by atoms with E-state index in [9.17, 15) is 14.9 Å². The average Bonchev–Trinajstić information content (AvgIpc) is 2.81. The van der Waals surface area contributed by atoms with Gasteiger partial charge < -0.3 is 14.2 Å². The molecule has 10 nitrogen and oxygen atoms in total. The molecule has 11 heteroatoms. The van der Waals surface area contributed by atoms with E-state index in [4.69, 9.17) is 25.8 Å². The number of esters is 1. The number of aromatic nitrogens is 1. The second kappa shape index (κ2) is 10.9. The van der Waals surface area contributed by atoms with Crippen LogP contribution in [0.4, 0.5) is 11.5 Å². The van der Waals surface area contributed by atoms with Crippen molar-refractivity contribution in [2.75, 3.05) is 19.1 Å². The number of methoxy groups -OCH3 is 1. The molecule has 0 atom stereocenters. The van der Waals surface area contributed by atoms with Crippen LogP contribution in [0.1, 0.15) is 22.8 Å². The second-order valence-electron chi connectivity index (χ2n) is 6.41. The number of pyridine rings is 1. The van der Waals surface area contributed by atoms with Crippen LogP contribution in [0.25, 0.3) is 0 Å². The van der Waals surface area contributed by atoms with Crippen molar-refractivity contribution in [2.24, 2.45) is 5.10 Å². The SMILES string of the molecule is CCOc1cc(/C=N\Nc2ccc([N+](=O)[O-])cn2)cc(Cl)c1OC(=O)c1ccc(OC)cc1. The molecule has 1 N–H and O–H groups in total. The number of hydrogen-bond acceptors (Lipinski definition) is 9. The highest BCUT2D eigenvalue weighted by molar-refractivity contribution is 6.32. The number of rotatable bonds is 9. The molecule has 0 aliphatic rings. The number of nitrogens with one attached hydrogen (secondary N) is 1. The molecule has 3 aromatic rings. The molecule has 170 valence electrons. The smallest absolute Gasteiger partial charge is 0.343 e. The van der Waals surface area contributed by atoms with Gasteiger partial charge in [-0.3, -0.25) is 15.5 Å². The number of hydrazone groups is 1. The summed E-state index contributed by atoms with van der Waals surface area (Å²) in [4.78, 5) is 26.6. The minimum Gasteiger partial charge on any atom is -0.497 e. The Bertz CT molecular complexity index is 1170. The van der Waals surface area contributed by atoms with E-state index in [1.807, 2.05) is 0 Å². The van der Waals surface area contributed by atoms with Crippen molar-refractivity contribution >= 4 is 35.3 Å². The van der Waals surface area contributed by atoms with Crippen molar-refractivity contribution < 1.29 is 23.9 Å². The Balaban J connectivity index is 1.76. The normalized spacial score (nSPS) is 10.6. The van der Waals surface area contributed by atoms with Gasteiger partial charge in [0.25, 0.3) is 5.69 Å². The molecule has 1 aromatic heterocycles. The monoisotopic (exact) mass is 470 g/mol. The fraction of sp³-hybridized carbons (Fsp3) is 0.136. The van der Waals surface area contributed by atoms with E-state index in [-0.39, 0.29) is 22.2 Å². The largest absolute Gasteiger partial charge is 0.497 e. The number of halogens is 1. The molecular formula is C22H19ClN4O6. The highest BCUT2D eigenvalue weighted by Crippen LogP contribution is 2.37.